The Hall–Kier alpha value is -0.900. The lowest BCUT2D eigenvalue weighted by Crippen LogP contribution is -2.52. The molecule has 2 atom stereocenters. The Bertz CT molecular complexity index is 515. The van der Waals surface area contributed by atoms with Crippen LogP contribution in [0.1, 0.15) is 37.7 Å². The fraction of sp³-hybridized carbons (Fsp3) is 0.533. The van der Waals surface area contributed by atoms with Gasteiger partial charge in [0.1, 0.15) is 11.6 Å². The highest BCUT2D eigenvalue weighted by atomic mass is 79.9. The molecule has 3 rings (SSSR count). The molecule has 102 valence electrons. The number of hydrogen-bond donors (Lipinski definition) is 0. The molecule has 2 bridgehead atoms. The summed E-state index contributed by atoms with van der Waals surface area (Å²) < 4.78 is 14.3. The molecule has 2 fully saturated rings. The van der Waals surface area contributed by atoms with Crippen LogP contribution >= 0.6 is 15.9 Å². The van der Waals surface area contributed by atoms with Crippen molar-refractivity contribution in [3.63, 3.8) is 0 Å². The van der Waals surface area contributed by atoms with E-state index in [2.05, 4.69) is 20.8 Å². The third-order valence-corrected chi connectivity index (χ3v) is 4.91. The van der Waals surface area contributed by atoms with Crippen molar-refractivity contribution in [3.8, 4) is 0 Å². The number of nitrogens with zero attached hydrogens (tertiary/aromatic N) is 1. The molecule has 2 aliphatic heterocycles. The molecule has 0 spiro atoms. The lowest BCUT2D eigenvalue weighted by molar-refractivity contribution is -0.121. The average Bonchev–Trinajstić information content (AvgIpc) is 2.33. The quantitative estimate of drug-likeness (QED) is 0.778. The second kappa shape index (κ2) is 4.89. The highest BCUT2D eigenvalue weighted by Gasteiger charge is 2.38. The predicted molar refractivity (Wildman–Crippen MR) is 77.0 cm³/mol. The Morgan fingerprint density at radius 2 is 1.89 bits per heavy atom. The van der Waals surface area contributed by atoms with Gasteiger partial charge in [-0.05, 0) is 59.8 Å². The second-order valence-electron chi connectivity index (χ2n) is 5.65. The van der Waals surface area contributed by atoms with Crippen LogP contribution in [0.5, 0.6) is 0 Å². The van der Waals surface area contributed by atoms with Gasteiger partial charge in [0, 0.05) is 30.6 Å². The van der Waals surface area contributed by atoms with E-state index in [1.807, 2.05) is 13.0 Å². The summed E-state index contributed by atoms with van der Waals surface area (Å²) in [5.41, 5.74) is 2.03. The van der Waals surface area contributed by atoms with Gasteiger partial charge < -0.3 is 4.90 Å². The topological polar surface area (TPSA) is 20.3 Å². The zero-order valence-electron chi connectivity index (χ0n) is 11.0. The Kier molecular flexibility index (Phi) is 3.37. The van der Waals surface area contributed by atoms with Crippen molar-refractivity contribution in [1.82, 2.24) is 0 Å². The molecular weight excluding hydrogens is 309 g/mol. The summed E-state index contributed by atoms with van der Waals surface area (Å²) in [6, 6.07) is 3.97. The number of rotatable bonds is 1. The normalized spacial score (nSPS) is 26.7. The van der Waals surface area contributed by atoms with Crippen molar-refractivity contribution in [2.45, 2.75) is 51.1 Å². The van der Waals surface area contributed by atoms with Gasteiger partial charge in [-0.25, -0.2) is 4.39 Å². The van der Waals surface area contributed by atoms with Crippen molar-refractivity contribution >= 4 is 27.4 Å². The van der Waals surface area contributed by atoms with Gasteiger partial charge in [-0.1, -0.05) is 0 Å². The Morgan fingerprint density at radius 3 is 2.53 bits per heavy atom. The first kappa shape index (κ1) is 13.1. The molecule has 0 aliphatic carbocycles. The van der Waals surface area contributed by atoms with E-state index in [1.165, 1.54) is 6.42 Å². The van der Waals surface area contributed by atoms with Gasteiger partial charge in [-0.2, -0.15) is 0 Å². The zero-order valence-corrected chi connectivity index (χ0v) is 12.5. The Morgan fingerprint density at radius 1 is 1.26 bits per heavy atom. The molecule has 0 saturated carbocycles. The number of halogens is 2. The third kappa shape index (κ3) is 2.31. The first-order chi connectivity index (χ1) is 9.06. The fourth-order valence-electron chi connectivity index (χ4n) is 3.48. The maximum absolute atomic E-state index is 13.8. The van der Waals surface area contributed by atoms with Gasteiger partial charge in [-0.15, -0.1) is 0 Å². The molecule has 1 aromatic carbocycles. The van der Waals surface area contributed by atoms with Gasteiger partial charge in [0.15, 0.2) is 0 Å². The van der Waals surface area contributed by atoms with Crippen LogP contribution in [-0.2, 0) is 4.79 Å². The van der Waals surface area contributed by atoms with Crippen LogP contribution in [0, 0.1) is 12.7 Å². The molecule has 1 aromatic rings. The number of carbonyl (C=O) groups excluding carboxylic acids is 1. The number of fused-ring (bicyclic) bond motifs is 2. The van der Waals surface area contributed by atoms with Crippen LogP contribution in [-0.4, -0.2) is 17.9 Å². The highest BCUT2D eigenvalue weighted by Crippen LogP contribution is 2.39. The van der Waals surface area contributed by atoms with Crippen LogP contribution in [0.4, 0.5) is 10.1 Å². The molecule has 0 aromatic heterocycles. The van der Waals surface area contributed by atoms with Crippen molar-refractivity contribution in [2.24, 2.45) is 0 Å². The minimum atomic E-state index is -0.226. The monoisotopic (exact) mass is 325 g/mol. The molecule has 0 N–H and O–H groups in total. The smallest absolute Gasteiger partial charge is 0.139 e. The first-order valence-corrected chi connectivity index (χ1v) is 7.61. The van der Waals surface area contributed by atoms with Crippen LogP contribution in [0.25, 0.3) is 0 Å². The average molecular weight is 326 g/mol. The van der Waals surface area contributed by atoms with E-state index in [4.69, 9.17) is 0 Å². The van der Waals surface area contributed by atoms with Gasteiger partial charge in [0.05, 0.1) is 4.47 Å². The number of ketones is 1. The van der Waals surface area contributed by atoms with Crippen LogP contribution in [0.2, 0.25) is 0 Å². The van der Waals surface area contributed by atoms with E-state index in [1.54, 1.807) is 6.07 Å². The predicted octanol–water partition coefficient (Wildman–Crippen LogP) is 3.99. The van der Waals surface area contributed by atoms with E-state index in [0.717, 1.165) is 24.1 Å². The number of piperidine rings is 2. The summed E-state index contributed by atoms with van der Waals surface area (Å²) in [6.07, 6.45) is 4.50. The minimum absolute atomic E-state index is 0.226. The zero-order chi connectivity index (χ0) is 13.6. The maximum Gasteiger partial charge on any atom is 0.139 e. The van der Waals surface area contributed by atoms with E-state index < -0.39 is 0 Å². The largest absolute Gasteiger partial charge is 0.364 e. The Balaban J connectivity index is 2.01. The number of Topliss-reactive ketones (excluding diaryl/α,β-unsaturated/α-hetero) is 1. The minimum Gasteiger partial charge on any atom is -0.364 e. The summed E-state index contributed by atoms with van der Waals surface area (Å²) in [6.45, 7) is 2.01. The number of benzene rings is 1. The highest BCUT2D eigenvalue weighted by molar-refractivity contribution is 9.10. The first-order valence-electron chi connectivity index (χ1n) is 6.82. The number of aryl methyl sites for hydroxylation is 1. The fourth-order valence-corrected chi connectivity index (χ4v) is 3.94. The molecule has 0 radical (unpaired) electrons. The van der Waals surface area contributed by atoms with Crippen LogP contribution in [0.15, 0.2) is 16.6 Å². The summed E-state index contributed by atoms with van der Waals surface area (Å²) in [4.78, 5) is 14.1. The molecule has 4 heteroatoms. The third-order valence-electron chi connectivity index (χ3n) is 4.31. The lowest BCUT2D eigenvalue weighted by atomic mass is 9.83. The SMILES string of the molecule is Cc1cc(Br)c(F)cc1N1C2CCCC1CC(=O)C2. The summed E-state index contributed by atoms with van der Waals surface area (Å²) >= 11 is 3.23. The van der Waals surface area contributed by atoms with Crippen molar-refractivity contribution in [2.75, 3.05) is 4.90 Å². The summed E-state index contributed by atoms with van der Waals surface area (Å²) in [7, 11) is 0. The number of carbonyl (C=O) groups is 1. The number of anilines is 1. The van der Waals surface area contributed by atoms with Crippen LogP contribution in [0.3, 0.4) is 0 Å². The molecule has 2 nitrogen and oxygen atoms in total. The van der Waals surface area contributed by atoms with Crippen molar-refractivity contribution in [1.29, 1.82) is 0 Å². The van der Waals surface area contributed by atoms with Gasteiger partial charge >= 0.3 is 0 Å². The molecule has 2 aliphatic rings. The van der Waals surface area contributed by atoms with Crippen molar-refractivity contribution < 1.29 is 9.18 Å². The summed E-state index contributed by atoms with van der Waals surface area (Å²) in [5, 5.41) is 0. The van der Waals surface area contributed by atoms with E-state index in [-0.39, 0.29) is 17.9 Å². The molecular formula is C15H17BrFNO. The maximum atomic E-state index is 13.8. The van der Waals surface area contributed by atoms with E-state index in [0.29, 0.717) is 23.1 Å². The summed E-state index contributed by atoms with van der Waals surface area (Å²) in [5.74, 6) is 0.136. The van der Waals surface area contributed by atoms with Gasteiger partial charge in [-0.3, -0.25) is 4.79 Å². The molecule has 2 unspecified atom stereocenters. The second-order valence-corrected chi connectivity index (χ2v) is 6.50. The molecule has 0 amide bonds. The Labute approximate surface area is 121 Å². The number of hydrogen-bond acceptors (Lipinski definition) is 2. The van der Waals surface area contributed by atoms with Gasteiger partial charge in [0.2, 0.25) is 0 Å². The van der Waals surface area contributed by atoms with E-state index >= 15 is 0 Å². The van der Waals surface area contributed by atoms with Gasteiger partial charge in [0.25, 0.3) is 0 Å². The molecule has 2 heterocycles. The molecule has 19 heavy (non-hydrogen) atoms. The standard InChI is InChI=1S/C15H17BrFNO/c1-9-5-13(16)14(17)8-15(9)18-10-3-2-4-11(18)7-12(19)6-10/h5,8,10-11H,2-4,6-7H2,1H3. The lowest BCUT2D eigenvalue weighted by Gasteiger charge is -2.47. The molecule has 2 saturated heterocycles. The van der Waals surface area contributed by atoms with Crippen molar-refractivity contribution in [3.05, 3.63) is 28.0 Å². The van der Waals surface area contributed by atoms with E-state index in [9.17, 15) is 9.18 Å². The van der Waals surface area contributed by atoms with Crippen LogP contribution < -0.4 is 4.90 Å².